The first-order valence-corrected chi connectivity index (χ1v) is 10.3. The Balaban J connectivity index is 1.54. The Kier molecular flexibility index (Phi) is 6.95. The molecule has 1 aliphatic heterocycles. The summed E-state index contributed by atoms with van der Waals surface area (Å²) in [6, 6.07) is 5.26. The van der Waals surface area contributed by atoms with E-state index in [0.29, 0.717) is 18.7 Å². The highest BCUT2D eigenvalue weighted by Crippen LogP contribution is 2.34. The molecule has 0 radical (unpaired) electrons. The van der Waals surface area contributed by atoms with E-state index in [0.717, 1.165) is 37.2 Å². The van der Waals surface area contributed by atoms with Crippen LogP contribution in [0.2, 0.25) is 0 Å². The highest BCUT2D eigenvalue weighted by molar-refractivity contribution is 5.97. The van der Waals surface area contributed by atoms with Crippen LogP contribution >= 0.6 is 0 Å². The summed E-state index contributed by atoms with van der Waals surface area (Å²) in [6.45, 7) is 3.24. The lowest BCUT2D eigenvalue weighted by atomic mass is 9.97. The highest BCUT2D eigenvalue weighted by Gasteiger charge is 2.24. The molecule has 1 heterocycles. The average molecular weight is 386 g/mol. The quantitative estimate of drug-likeness (QED) is 0.671. The van der Waals surface area contributed by atoms with Crippen molar-refractivity contribution < 1.29 is 14.3 Å². The van der Waals surface area contributed by atoms with E-state index < -0.39 is 0 Å². The third kappa shape index (κ3) is 5.06. The Hall–Kier alpha value is -2.50. The number of hydrogen-bond donors (Lipinski definition) is 2. The number of allylic oxidation sites excluding steroid dienone is 1. The van der Waals surface area contributed by atoms with Crippen LogP contribution in [0.15, 0.2) is 29.8 Å². The first kappa shape index (κ1) is 20.2. The fourth-order valence-electron chi connectivity index (χ4n) is 3.84. The van der Waals surface area contributed by atoms with Gasteiger partial charge in [-0.3, -0.25) is 9.59 Å². The number of methoxy groups -OCH3 is 1. The first-order chi connectivity index (χ1) is 13.6. The van der Waals surface area contributed by atoms with E-state index in [9.17, 15) is 9.59 Å². The summed E-state index contributed by atoms with van der Waals surface area (Å²) in [7, 11) is 1.60. The average Bonchev–Trinajstić information content (AvgIpc) is 3.14. The lowest BCUT2D eigenvalue weighted by molar-refractivity contribution is -0.121. The maximum absolute atomic E-state index is 12.4. The Labute approximate surface area is 167 Å². The predicted octanol–water partition coefficient (Wildman–Crippen LogP) is 3.63. The minimum absolute atomic E-state index is 0.0193. The van der Waals surface area contributed by atoms with Gasteiger partial charge >= 0.3 is 0 Å². The Morgan fingerprint density at radius 1 is 1.25 bits per heavy atom. The molecule has 2 N–H and O–H groups in total. The molecule has 0 saturated carbocycles. The molecule has 6 nitrogen and oxygen atoms in total. The van der Waals surface area contributed by atoms with Crippen LogP contribution in [0.25, 0.3) is 0 Å². The third-order valence-electron chi connectivity index (χ3n) is 5.45. The van der Waals surface area contributed by atoms with Gasteiger partial charge in [-0.1, -0.05) is 11.6 Å². The van der Waals surface area contributed by atoms with Gasteiger partial charge in [-0.2, -0.15) is 0 Å². The molecule has 6 heteroatoms. The first-order valence-electron chi connectivity index (χ1n) is 10.3. The van der Waals surface area contributed by atoms with Crippen molar-refractivity contribution in [2.45, 2.75) is 57.9 Å². The molecule has 3 rings (SSSR count). The molecule has 0 unspecified atom stereocenters. The molecule has 1 fully saturated rings. The number of ether oxygens (including phenoxy) is 1. The number of rotatable bonds is 8. The minimum Gasteiger partial charge on any atom is -0.494 e. The maximum atomic E-state index is 12.4. The molecule has 0 aromatic heterocycles. The van der Waals surface area contributed by atoms with Gasteiger partial charge in [0.15, 0.2) is 0 Å². The largest absolute Gasteiger partial charge is 0.494 e. The van der Waals surface area contributed by atoms with Crippen LogP contribution in [0.3, 0.4) is 0 Å². The molecule has 1 saturated heterocycles. The molecule has 1 aliphatic carbocycles. The highest BCUT2D eigenvalue weighted by atomic mass is 16.5. The molecule has 0 bridgehead atoms. The van der Waals surface area contributed by atoms with Crippen molar-refractivity contribution in [3.8, 4) is 5.75 Å². The number of amides is 2. The van der Waals surface area contributed by atoms with Crippen LogP contribution in [0.5, 0.6) is 5.75 Å². The lowest BCUT2D eigenvalue weighted by Gasteiger charge is -2.21. The van der Waals surface area contributed by atoms with Gasteiger partial charge in [0.1, 0.15) is 11.8 Å². The predicted molar refractivity (Wildman–Crippen MR) is 112 cm³/mol. The van der Waals surface area contributed by atoms with Crippen molar-refractivity contribution in [1.29, 1.82) is 0 Å². The van der Waals surface area contributed by atoms with E-state index in [1.807, 2.05) is 25.1 Å². The second kappa shape index (κ2) is 9.62. The zero-order chi connectivity index (χ0) is 19.9. The van der Waals surface area contributed by atoms with Crippen LogP contribution in [0, 0.1) is 0 Å². The van der Waals surface area contributed by atoms with Gasteiger partial charge in [0.25, 0.3) is 0 Å². The summed E-state index contributed by atoms with van der Waals surface area (Å²) in [5, 5.41) is 6.24. The van der Waals surface area contributed by atoms with E-state index in [1.54, 1.807) is 12.0 Å². The van der Waals surface area contributed by atoms with Crippen LogP contribution in [0.1, 0.15) is 51.9 Å². The molecule has 1 aromatic rings. The van der Waals surface area contributed by atoms with Crippen LogP contribution in [0.4, 0.5) is 11.4 Å². The lowest BCUT2D eigenvalue weighted by Crippen LogP contribution is -2.38. The summed E-state index contributed by atoms with van der Waals surface area (Å²) in [5.74, 6) is 0.742. The normalized spacial score (nSPS) is 17.9. The van der Waals surface area contributed by atoms with Crippen molar-refractivity contribution >= 4 is 23.2 Å². The van der Waals surface area contributed by atoms with Crippen molar-refractivity contribution in [2.75, 3.05) is 30.4 Å². The molecular weight excluding hydrogens is 354 g/mol. The van der Waals surface area contributed by atoms with Gasteiger partial charge in [0, 0.05) is 31.3 Å². The number of benzene rings is 1. The molecule has 28 heavy (non-hydrogen) atoms. The van der Waals surface area contributed by atoms with Gasteiger partial charge in [-0.25, -0.2) is 0 Å². The molecule has 1 aromatic carbocycles. The van der Waals surface area contributed by atoms with E-state index in [-0.39, 0.29) is 17.9 Å². The summed E-state index contributed by atoms with van der Waals surface area (Å²) in [4.78, 5) is 26.2. The number of nitrogens with one attached hydrogen (secondary N) is 2. The van der Waals surface area contributed by atoms with E-state index in [2.05, 4.69) is 16.7 Å². The Bertz CT molecular complexity index is 745. The van der Waals surface area contributed by atoms with Crippen molar-refractivity contribution in [1.82, 2.24) is 5.32 Å². The van der Waals surface area contributed by atoms with Crippen LogP contribution in [-0.4, -0.2) is 38.1 Å². The van der Waals surface area contributed by atoms with Gasteiger partial charge in [0.2, 0.25) is 11.8 Å². The number of carbonyl (C=O) groups excluding carboxylic acids is 2. The number of anilines is 2. The maximum Gasteiger partial charge on any atom is 0.242 e. The summed E-state index contributed by atoms with van der Waals surface area (Å²) in [6.07, 6.45) is 9.58. The van der Waals surface area contributed by atoms with E-state index in [1.165, 1.54) is 24.8 Å². The SMILES string of the molecule is COc1cc(N[C@@H](C)C(=O)NCCC2=CCCCC2)ccc1N1CCCC1=O. The fourth-order valence-corrected chi connectivity index (χ4v) is 3.84. The second-order valence-corrected chi connectivity index (χ2v) is 7.55. The number of hydrogen-bond acceptors (Lipinski definition) is 4. The summed E-state index contributed by atoms with van der Waals surface area (Å²) < 4.78 is 5.48. The van der Waals surface area contributed by atoms with Crippen molar-refractivity contribution in [3.63, 3.8) is 0 Å². The standard InChI is InChI=1S/C22H31N3O3/c1-16(22(27)23-13-12-17-7-4-3-5-8-17)24-18-10-11-19(20(15-18)28-2)25-14-6-9-21(25)26/h7,10-11,15-16,24H,3-6,8-9,12-14H2,1-2H3,(H,23,27)/t16-/m0/s1. The van der Waals surface area contributed by atoms with Crippen LogP contribution < -0.4 is 20.3 Å². The molecular formula is C22H31N3O3. The molecule has 2 amide bonds. The van der Waals surface area contributed by atoms with Gasteiger partial charge < -0.3 is 20.3 Å². The molecule has 1 atom stereocenters. The number of carbonyl (C=O) groups is 2. The van der Waals surface area contributed by atoms with E-state index >= 15 is 0 Å². The third-order valence-corrected chi connectivity index (χ3v) is 5.45. The van der Waals surface area contributed by atoms with Gasteiger partial charge in [-0.05, 0) is 57.6 Å². The van der Waals surface area contributed by atoms with Gasteiger partial charge in [-0.15, -0.1) is 0 Å². The molecule has 0 spiro atoms. The minimum atomic E-state index is -0.357. The zero-order valence-electron chi connectivity index (χ0n) is 16.9. The smallest absolute Gasteiger partial charge is 0.242 e. The summed E-state index contributed by atoms with van der Waals surface area (Å²) >= 11 is 0. The van der Waals surface area contributed by atoms with Gasteiger partial charge in [0.05, 0.1) is 12.8 Å². The van der Waals surface area contributed by atoms with Crippen LogP contribution in [-0.2, 0) is 9.59 Å². The van der Waals surface area contributed by atoms with E-state index in [4.69, 9.17) is 4.74 Å². The van der Waals surface area contributed by atoms with Crippen molar-refractivity contribution in [3.05, 3.63) is 29.8 Å². The number of nitrogens with zero attached hydrogens (tertiary/aromatic N) is 1. The topological polar surface area (TPSA) is 70.7 Å². The second-order valence-electron chi connectivity index (χ2n) is 7.55. The fraction of sp³-hybridized carbons (Fsp3) is 0.545. The zero-order valence-corrected chi connectivity index (χ0v) is 16.9. The Morgan fingerprint density at radius 3 is 2.79 bits per heavy atom. The Morgan fingerprint density at radius 2 is 2.11 bits per heavy atom. The summed E-state index contributed by atoms with van der Waals surface area (Å²) in [5.41, 5.74) is 3.04. The monoisotopic (exact) mass is 385 g/mol. The van der Waals surface area contributed by atoms with Crippen molar-refractivity contribution in [2.24, 2.45) is 0 Å². The molecule has 2 aliphatic rings. The molecule has 152 valence electrons.